The lowest BCUT2D eigenvalue weighted by Gasteiger charge is -2.41. The first kappa shape index (κ1) is 21.1. The van der Waals surface area contributed by atoms with Crippen LogP contribution in [0, 0.1) is 17.2 Å². The van der Waals surface area contributed by atoms with E-state index in [4.69, 9.17) is 5.73 Å². The Balaban J connectivity index is 2.21. The summed E-state index contributed by atoms with van der Waals surface area (Å²) >= 11 is 0. The predicted octanol–water partition coefficient (Wildman–Crippen LogP) is 4.06. The second-order valence-electron chi connectivity index (χ2n) is 8.23. The molecule has 0 aromatic heterocycles. The average molecular weight is 408 g/mol. The SMILES string of the molecule is CCCC[C@]1(CC)CS(=O)(=O)c2ccc(F)cc2[C@@H](C2C=CC=C(N)C2)[C@H]1O. The molecular weight excluding hydrogens is 377 g/mol. The fourth-order valence-corrected chi connectivity index (χ4v) is 7.10. The predicted molar refractivity (Wildman–Crippen MR) is 109 cm³/mol. The van der Waals surface area contributed by atoms with E-state index in [0.29, 0.717) is 30.5 Å². The van der Waals surface area contributed by atoms with Gasteiger partial charge in [-0.1, -0.05) is 38.8 Å². The summed E-state index contributed by atoms with van der Waals surface area (Å²) in [5.41, 5.74) is 6.33. The standard InChI is InChI=1S/C22H30FNO3S/c1-3-5-11-22(4-2)14-28(26,27)19-10-9-16(23)13-18(19)20(21(22)25)15-7-6-8-17(24)12-15/h6-10,13,15,20-21,25H,3-5,11-12,14,24H2,1-2H3/t15?,20-,21-,22-/m1/s1. The zero-order valence-corrected chi connectivity index (χ0v) is 17.4. The lowest BCUT2D eigenvalue weighted by molar-refractivity contribution is -0.00198. The van der Waals surface area contributed by atoms with Gasteiger partial charge in [0, 0.05) is 17.0 Å². The van der Waals surface area contributed by atoms with Crippen LogP contribution in [-0.2, 0) is 9.84 Å². The molecule has 154 valence electrons. The van der Waals surface area contributed by atoms with Crippen LogP contribution >= 0.6 is 0 Å². The molecule has 0 fully saturated rings. The summed E-state index contributed by atoms with van der Waals surface area (Å²) in [6, 6.07) is 3.83. The van der Waals surface area contributed by atoms with Gasteiger partial charge in [0.05, 0.1) is 16.8 Å². The summed E-state index contributed by atoms with van der Waals surface area (Å²) in [6.07, 6.45) is 8.14. The molecule has 0 saturated heterocycles. The summed E-state index contributed by atoms with van der Waals surface area (Å²) in [6.45, 7) is 3.99. The summed E-state index contributed by atoms with van der Waals surface area (Å²) in [7, 11) is -3.66. The molecule has 1 aliphatic heterocycles. The second-order valence-corrected chi connectivity index (χ2v) is 10.2. The summed E-state index contributed by atoms with van der Waals surface area (Å²) in [5, 5.41) is 11.6. The molecule has 28 heavy (non-hydrogen) atoms. The maximum absolute atomic E-state index is 14.2. The Morgan fingerprint density at radius 3 is 2.71 bits per heavy atom. The number of halogens is 1. The van der Waals surface area contributed by atoms with E-state index < -0.39 is 33.1 Å². The third-order valence-electron chi connectivity index (χ3n) is 6.44. The Hall–Kier alpha value is -1.66. The zero-order chi connectivity index (χ0) is 20.5. The first-order valence-corrected chi connectivity index (χ1v) is 11.7. The molecule has 0 amide bonds. The maximum atomic E-state index is 14.2. The molecule has 1 unspecified atom stereocenters. The Labute approximate surface area is 167 Å². The quantitative estimate of drug-likeness (QED) is 0.721. The number of nitrogens with two attached hydrogens (primary N) is 1. The highest BCUT2D eigenvalue weighted by Crippen LogP contribution is 2.50. The van der Waals surface area contributed by atoms with E-state index in [1.807, 2.05) is 25.2 Å². The number of aliphatic hydroxyl groups is 1. The molecule has 3 N–H and O–H groups in total. The smallest absolute Gasteiger partial charge is 0.179 e. The van der Waals surface area contributed by atoms with Crippen LogP contribution in [0.15, 0.2) is 47.0 Å². The number of unbranched alkanes of at least 4 members (excludes halogenated alkanes) is 1. The Kier molecular flexibility index (Phi) is 6.01. The summed E-state index contributed by atoms with van der Waals surface area (Å²) in [5.74, 6) is -1.31. The van der Waals surface area contributed by atoms with E-state index in [1.165, 1.54) is 18.2 Å². The minimum Gasteiger partial charge on any atom is -0.402 e. The molecule has 4 nitrogen and oxygen atoms in total. The lowest BCUT2D eigenvalue weighted by Crippen LogP contribution is -2.44. The molecule has 2 aliphatic rings. The third kappa shape index (κ3) is 3.77. The Morgan fingerprint density at radius 2 is 2.07 bits per heavy atom. The largest absolute Gasteiger partial charge is 0.402 e. The molecule has 1 aromatic carbocycles. The van der Waals surface area contributed by atoms with Crippen LogP contribution in [0.2, 0.25) is 0 Å². The first-order chi connectivity index (χ1) is 13.2. The molecule has 1 aromatic rings. The number of hydrogen-bond donors (Lipinski definition) is 2. The topological polar surface area (TPSA) is 80.4 Å². The highest BCUT2D eigenvalue weighted by Gasteiger charge is 2.50. The van der Waals surface area contributed by atoms with Gasteiger partial charge in [0.2, 0.25) is 0 Å². The van der Waals surface area contributed by atoms with Gasteiger partial charge < -0.3 is 10.8 Å². The minimum atomic E-state index is -3.66. The van der Waals surface area contributed by atoms with E-state index >= 15 is 0 Å². The number of rotatable bonds is 5. The summed E-state index contributed by atoms with van der Waals surface area (Å²) < 4.78 is 40.8. The van der Waals surface area contributed by atoms with Gasteiger partial charge in [-0.3, -0.25) is 0 Å². The molecule has 0 spiro atoms. The first-order valence-electron chi connectivity index (χ1n) is 10.1. The molecule has 1 heterocycles. The molecule has 0 bridgehead atoms. The summed E-state index contributed by atoms with van der Waals surface area (Å²) in [4.78, 5) is 0.145. The van der Waals surface area contributed by atoms with Crippen molar-refractivity contribution in [3.05, 3.63) is 53.5 Å². The van der Waals surface area contributed by atoms with Gasteiger partial charge >= 0.3 is 0 Å². The van der Waals surface area contributed by atoms with Gasteiger partial charge in [-0.15, -0.1) is 0 Å². The Morgan fingerprint density at radius 1 is 1.32 bits per heavy atom. The molecule has 0 saturated carbocycles. The molecule has 1 aliphatic carbocycles. The van der Waals surface area contributed by atoms with Crippen molar-refractivity contribution in [1.29, 1.82) is 0 Å². The molecule has 4 atom stereocenters. The van der Waals surface area contributed by atoms with E-state index in [2.05, 4.69) is 6.92 Å². The number of aliphatic hydroxyl groups excluding tert-OH is 1. The molecule has 6 heteroatoms. The van der Waals surface area contributed by atoms with Crippen LogP contribution in [0.1, 0.15) is 57.4 Å². The van der Waals surface area contributed by atoms with Gasteiger partial charge in [-0.25, -0.2) is 12.8 Å². The number of sulfone groups is 1. The Bertz CT molecular complexity index is 893. The van der Waals surface area contributed by atoms with E-state index in [9.17, 15) is 17.9 Å². The van der Waals surface area contributed by atoms with Crippen molar-refractivity contribution in [3.63, 3.8) is 0 Å². The van der Waals surface area contributed by atoms with Crippen molar-refractivity contribution in [2.45, 2.75) is 62.9 Å². The average Bonchev–Trinajstić information content (AvgIpc) is 2.71. The van der Waals surface area contributed by atoms with E-state index in [-0.39, 0.29) is 16.6 Å². The van der Waals surface area contributed by atoms with Gasteiger partial charge in [0.25, 0.3) is 0 Å². The lowest BCUT2D eigenvalue weighted by atomic mass is 9.66. The number of fused-ring (bicyclic) bond motifs is 1. The third-order valence-corrected chi connectivity index (χ3v) is 8.44. The molecule has 0 radical (unpaired) electrons. The van der Waals surface area contributed by atoms with Gasteiger partial charge in [0.15, 0.2) is 9.84 Å². The minimum absolute atomic E-state index is 0.117. The van der Waals surface area contributed by atoms with Crippen LogP contribution in [0.25, 0.3) is 0 Å². The van der Waals surface area contributed by atoms with Crippen molar-refractivity contribution in [2.75, 3.05) is 5.75 Å². The van der Waals surface area contributed by atoms with Crippen molar-refractivity contribution in [2.24, 2.45) is 17.1 Å². The van der Waals surface area contributed by atoms with Crippen LogP contribution in [0.5, 0.6) is 0 Å². The van der Waals surface area contributed by atoms with Crippen LogP contribution < -0.4 is 5.73 Å². The second kappa shape index (κ2) is 7.99. The highest BCUT2D eigenvalue weighted by molar-refractivity contribution is 7.91. The fourth-order valence-electron chi connectivity index (χ4n) is 4.83. The van der Waals surface area contributed by atoms with E-state index in [0.717, 1.165) is 12.8 Å². The number of allylic oxidation sites excluding steroid dienone is 4. The van der Waals surface area contributed by atoms with E-state index in [1.54, 1.807) is 0 Å². The van der Waals surface area contributed by atoms with Crippen molar-refractivity contribution >= 4 is 9.84 Å². The van der Waals surface area contributed by atoms with Crippen LogP contribution in [-0.4, -0.2) is 25.4 Å². The zero-order valence-electron chi connectivity index (χ0n) is 16.6. The van der Waals surface area contributed by atoms with Gasteiger partial charge in [-0.2, -0.15) is 0 Å². The van der Waals surface area contributed by atoms with Gasteiger partial charge in [-0.05, 0) is 55.0 Å². The van der Waals surface area contributed by atoms with Crippen molar-refractivity contribution < 1.29 is 17.9 Å². The fraction of sp³-hybridized carbons (Fsp3) is 0.545. The van der Waals surface area contributed by atoms with Crippen molar-refractivity contribution in [3.8, 4) is 0 Å². The molecular formula is C22H30FNO3S. The monoisotopic (exact) mass is 407 g/mol. The van der Waals surface area contributed by atoms with Crippen LogP contribution in [0.3, 0.4) is 0 Å². The maximum Gasteiger partial charge on any atom is 0.179 e. The van der Waals surface area contributed by atoms with Crippen LogP contribution in [0.4, 0.5) is 4.39 Å². The normalized spacial score (nSPS) is 31.7. The van der Waals surface area contributed by atoms with Gasteiger partial charge in [0.1, 0.15) is 5.82 Å². The highest BCUT2D eigenvalue weighted by atomic mass is 32.2. The number of hydrogen-bond acceptors (Lipinski definition) is 4. The molecule has 3 rings (SSSR count). The number of benzene rings is 1. The van der Waals surface area contributed by atoms with Crippen molar-refractivity contribution in [1.82, 2.24) is 0 Å².